The molecule has 0 radical (unpaired) electrons. The fraction of sp³-hybridized carbons (Fsp3) is 0.615. The average Bonchev–Trinajstić information content (AvgIpc) is 3.24. The van der Waals surface area contributed by atoms with Crippen molar-refractivity contribution >= 4 is 11.9 Å². The molecule has 0 aliphatic carbocycles. The summed E-state index contributed by atoms with van der Waals surface area (Å²) in [6.45, 7) is 5.89. The summed E-state index contributed by atoms with van der Waals surface area (Å²) in [5, 5.41) is 0. The van der Waals surface area contributed by atoms with Crippen LogP contribution < -0.4 is 18.9 Å². The van der Waals surface area contributed by atoms with Gasteiger partial charge < -0.3 is 18.9 Å². The standard InChI is InChI=1S/C52H78O6/c1-3-5-7-9-11-13-15-17-19-21-23-25-27-29-42-55-47-38-34-45(35-39-47)51(53)57-49-32-31-33-50(44-49)58-52(54)46-36-40-48(41-37-46)56-43-30-28-26-24-22-20-18-16-14-12-10-8-6-4-2/h31-41,44H,3-30,42-43H2,1-2H3. The van der Waals surface area contributed by atoms with Gasteiger partial charge in [0.1, 0.15) is 23.0 Å². The summed E-state index contributed by atoms with van der Waals surface area (Å²) in [5.41, 5.74) is 0.829. The first kappa shape index (κ1) is 48.6. The molecule has 0 saturated carbocycles. The Bertz CT molecular complexity index is 1340. The summed E-state index contributed by atoms with van der Waals surface area (Å²) in [5.74, 6) is 1.08. The van der Waals surface area contributed by atoms with Gasteiger partial charge in [-0.05, 0) is 73.5 Å². The number of unbranched alkanes of at least 4 members (excludes halogenated alkanes) is 26. The van der Waals surface area contributed by atoms with E-state index in [9.17, 15) is 9.59 Å². The van der Waals surface area contributed by atoms with E-state index in [0.717, 1.165) is 24.3 Å². The number of hydrogen-bond acceptors (Lipinski definition) is 6. The van der Waals surface area contributed by atoms with E-state index in [-0.39, 0.29) is 0 Å². The lowest BCUT2D eigenvalue weighted by atomic mass is 10.0. The summed E-state index contributed by atoms with van der Waals surface area (Å²) in [6, 6.07) is 20.6. The van der Waals surface area contributed by atoms with Crippen LogP contribution in [0.2, 0.25) is 0 Å². The monoisotopic (exact) mass is 799 g/mol. The molecule has 58 heavy (non-hydrogen) atoms. The van der Waals surface area contributed by atoms with E-state index >= 15 is 0 Å². The molecule has 322 valence electrons. The average molecular weight is 799 g/mol. The zero-order valence-corrected chi connectivity index (χ0v) is 36.6. The normalized spacial score (nSPS) is 11.1. The third kappa shape index (κ3) is 23.6. The second kappa shape index (κ2) is 33.1. The van der Waals surface area contributed by atoms with Crippen molar-refractivity contribution in [1.29, 1.82) is 0 Å². The van der Waals surface area contributed by atoms with Crippen molar-refractivity contribution < 1.29 is 28.5 Å². The van der Waals surface area contributed by atoms with Crippen LogP contribution in [-0.4, -0.2) is 25.2 Å². The number of benzene rings is 3. The minimum Gasteiger partial charge on any atom is -0.494 e. The van der Waals surface area contributed by atoms with E-state index in [1.165, 1.54) is 173 Å². The predicted octanol–water partition coefficient (Wildman–Crippen LogP) is 15.8. The quantitative estimate of drug-likeness (QED) is 0.0331. The van der Waals surface area contributed by atoms with Gasteiger partial charge in [0.15, 0.2) is 0 Å². The highest BCUT2D eigenvalue weighted by molar-refractivity contribution is 5.92. The lowest BCUT2D eigenvalue weighted by Gasteiger charge is -2.09. The highest BCUT2D eigenvalue weighted by Gasteiger charge is 2.13. The van der Waals surface area contributed by atoms with Gasteiger partial charge in [0.2, 0.25) is 0 Å². The molecule has 0 amide bonds. The third-order valence-electron chi connectivity index (χ3n) is 10.9. The van der Waals surface area contributed by atoms with Crippen LogP contribution in [0.4, 0.5) is 0 Å². The van der Waals surface area contributed by atoms with Gasteiger partial charge >= 0.3 is 11.9 Å². The van der Waals surface area contributed by atoms with Gasteiger partial charge in [-0.25, -0.2) is 9.59 Å². The van der Waals surface area contributed by atoms with Crippen molar-refractivity contribution in [2.75, 3.05) is 13.2 Å². The van der Waals surface area contributed by atoms with Crippen LogP contribution in [0.3, 0.4) is 0 Å². The third-order valence-corrected chi connectivity index (χ3v) is 10.9. The smallest absolute Gasteiger partial charge is 0.343 e. The summed E-state index contributed by atoms with van der Waals surface area (Å²) >= 11 is 0. The number of carbonyl (C=O) groups is 2. The van der Waals surface area contributed by atoms with E-state index in [0.29, 0.717) is 35.8 Å². The maximum absolute atomic E-state index is 12.9. The van der Waals surface area contributed by atoms with Gasteiger partial charge in [-0.3, -0.25) is 0 Å². The van der Waals surface area contributed by atoms with Crippen LogP contribution in [0.25, 0.3) is 0 Å². The SMILES string of the molecule is CCCCCCCCCCCCCCCCOc1ccc(C(=O)Oc2cccc(OC(=O)c3ccc(OCCCCCCCCCCCCCCCC)cc3)c2)cc1. The van der Waals surface area contributed by atoms with Crippen molar-refractivity contribution in [3.63, 3.8) is 0 Å². The highest BCUT2D eigenvalue weighted by Crippen LogP contribution is 2.23. The van der Waals surface area contributed by atoms with E-state index in [1.807, 2.05) is 0 Å². The molecule has 0 bridgehead atoms. The molecule has 0 fully saturated rings. The van der Waals surface area contributed by atoms with E-state index in [4.69, 9.17) is 18.9 Å². The minimum atomic E-state index is -0.494. The molecule has 0 aliphatic heterocycles. The summed E-state index contributed by atoms with van der Waals surface area (Å²) in [7, 11) is 0. The maximum Gasteiger partial charge on any atom is 0.343 e. The largest absolute Gasteiger partial charge is 0.494 e. The molecule has 6 nitrogen and oxygen atoms in total. The van der Waals surface area contributed by atoms with Crippen LogP contribution >= 0.6 is 0 Å². The van der Waals surface area contributed by atoms with Crippen LogP contribution in [0, 0.1) is 0 Å². The Balaban J connectivity index is 1.22. The molecule has 0 atom stereocenters. The second-order valence-electron chi connectivity index (χ2n) is 16.2. The number of esters is 2. The zero-order valence-electron chi connectivity index (χ0n) is 36.6. The molecule has 3 aromatic rings. The van der Waals surface area contributed by atoms with Gasteiger partial charge in [0.05, 0.1) is 24.3 Å². The lowest BCUT2D eigenvalue weighted by molar-refractivity contribution is 0.0733. The Morgan fingerprint density at radius 1 is 0.345 bits per heavy atom. The molecule has 0 N–H and O–H groups in total. The molecule has 0 aromatic heterocycles. The lowest BCUT2D eigenvalue weighted by Crippen LogP contribution is -2.10. The summed E-state index contributed by atoms with van der Waals surface area (Å²) < 4.78 is 23.0. The molecule has 0 aliphatic rings. The molecular formula is C52H78O6. The maximum atomic E-state index is 12.9. The van der Waals surface area contributed by atoms with Gasteiger partial charge in [-0.1, -0.05) is 187 Å². The van der Waals surface area contributed by atoms with Crippen LogP contribution in [0.5, 0.6) is 23.0 Å². The van der Waals surface area contributed by atoms with E-state index < -0.39 is 11.9 Å². The zero-order chi connectivity index (χ0) is 41.1. The van der Waals surface area contributed by atoms with Crippen molar-refractivity contribution in [2.45, 2.75) is 194 Å². The fourth-order valence-electron chi connectivity index (χ4n) is 7.28. The van der Waals surface area contributed by atoms with Crippen LogP contribution in [0.15, 0.2) is 72.8 Å². The van der Waals surface area contributed by atoms with Crippen molar-refractivity contribution in [2.24, 2.45) is 0 Å². The van der Waals surface area contributed by atoms with E-state index in [2.05, 4.69) is 13.8 Å². The molecule has 6 heteroatoms. The Kier molecular flexibility index (Phi) is 27.7. The molecule has 3 aromatic carbocycles. The molecule has 0 saturated heterocycles. The first-order chi connectivity index (χ1) is 28.6. The Morgan fingerprint density at radius 2 is 0.621 bits per heavy atom. The van der Waals surface area contributed by atoms with Crippen molar-refractivity contribution in [1.82, 2.24) is 0 Å². The molecule has 0 unspecified atom stereocenters. The number of hydrogen-bond donors (Lipinski definition) is 0. The van der Waals surface area contributed by atoms with Crippen molar-refractivity contribution in [3.05, 3.63) is 83.9 Å². The number of rotatable bonds is 36. The first-order valence-corrected chi connectivity index (χ1v) is 23.6. The van der Waals surface area contributed by atoms with Crippen LogP contribution in [0.1, 0.15) is 214 Å². The second-order valence-corrected chi connectivity index (χ2v) is 16.2. The van der Waals surface area contributed by atoms with Gasteiger partial charge in [0, 0.05) is 6.07 Å². The molecule has 0 heterocycles. The van der Waals surface area contributed by atoms with Gasteiger partial charge in [-0.2, -0.15) is 0 Å². The Hall–Kier alpha value is -3.80. The summed E-state index contributed by atoms with van der Waals surface area (Å²) in [6.07, 6.45) is 37.2. The predicted molar refractivity (Wildman–Crippen MR) is 241 cm³/mol. The number of carbonyl (C=O) groups excluding carboxylic acids is 2. The van der Waals surface area contributed by atoms with E-state index in [1.54, 1.807) is 66.7 Å². The minimum absolute atomic E-state index is 0.292. The van der Waals surface area contributed by atoms with Crippen LogP contribution in [-0.2, 0) is 0 Å². The topological polar surface area (TPSA) is 71.1 Å². The van der Waals surface area contributed by atoms with Gasteiger partial charge in [-0.15, -0.1) is 0 Å². The molecule has 0 spiro atoms. The molecular weight excluding hydrogens is 721 g/mol. The fourth-order valence-corrected chi connectivity index (χ4v) is 7.28. The summed E-state index contributed by atoms with van der Waals surface area (Å²) in [4.78, 5) is 25.7. The van der Waals surface area contributed by atoms with Crippen molar-refractivity contribution in [3.8, 4) is 23.0 Å². The first-order valence-electron chi connectivity index (χ1n) is 23.6. The Morgan fingerprint density at radius 3 is 0.914 bits per heavy atom. The highest BCUT2D eigenvalue weighted by atomic mass is 16.5. The number of ether oxygens (including phenoxy) is 4. The van der Waals surface area contributed by atoms with Gasteiger partial charge in [0.25, 0.3) is 0 Å². The molecule has 3 rings (SSSR count). The Labute approximate surface area is 353 Å².